The smallest absolute Gasteiger partial charge is 0.363 e. The topological polar surface area (TPSA) is 83.9 Å². The lowest BCUT2D eigenvalue weighted by Crippen LogP contribution is -2.32. The van der Waals surface area contributed by atoms with Gasteiger partial charge in [0.1, 0.15) is 5.75 Å². The minimum absolute atomic E-state index is 0.0421. The summed E-state index contributed by atoms with van der Waals surface area (Å²) in [5.74, 6) is -1.82. The molecule has 0 saturated carbocycles. The summed E-state index contributed by atoms with van der Waals surface area (Å²) < 4.78 is 0.473. The van der Waals surface area contributed by atoms with E-state index >= 15 is 0 Å². The second-order valence-corrected chi connectivity index (χ2v) is 4.79. The Hall–Kier alpha value is -1.64. The molecule has 1 saturated heterocycles. The molecule has 1 aromatic carbocycles. The zero-order chi connectivity index (χ0) is 13.3. The minimum atomic E-state index is -0.809. The quantitative estimate of drug-likeness (QED) is 0.633. The first-order valence-corrected chi connectivity index (χ1v) is 6.13. The summed E-state index contributed by atoms with van der Waals surface area (Å²) in [4.78, 5) is 38.9. The first kappa shape index (κ1) is 12.8. The molecule has 0 spiro atoms. The Morgan fingerprint density at radius 2 is 1.89 bits per heavy atom. The predicted octanol–water partition coefficient (Wildman–Crippen LogP) is 1.22. The molecule has 2 rings (SSSR count). The summed E-state index contributed by atoms with van der Waals surface area (Å²) in [6.45, 7) is 0. The molecular weight excluding hydrogens is 353 g/mol. The van der Waals surface area contributed by atoms with Gasteiger partial charge in [0.05, 0.1) is 9.13 Å². The van der Waals surface area contributed by atoms with Crippen LogP contribution in [0, 0.1) is 3.57 Å². The SMILES string of the molecule is O=C(ON1C(=O)CCC1=O)c1ccc(O)c(I)c1. The maximum absolute atomic E-state index is 11.7. The Balaban J connectivity index is 2.14. The molecule has 0 aromatic heterocycles. The molecule has 0 aliphatic carbocycles. The van der Waals surface area contributed by atoms with Gasteiger partial charge in [-0.05, 0) is 40.8 Å². The van der Waals surface area contributed by atoms with Crippen molar-refractivity contribution in [3.8, 4) is 5.75 Å². The van der Waals surface area contributed by atoms with Crippen LogP contribution in [0.1, 0.15) is 23.2 Å². The molecule has 0 unspecified atom stereocenters. The van der Waals surface area contributed by atoms with Crippen molar-refractivity contribution in [2.75, 3.05) is 0 Å². The number of phenols is 1. The van der Waals surface area contributed by atoms with Gasteiger partial charge in [-0.15, -0.1) is 5.06 Å². The van der Waals surface area contributed by atoms with Gasteiger partial charge < -0.3 is 9.94 Å². The molecular formula is C11H8INO5. The van der Waals surface area contributed by atoms with Crippen LogP contribution in [0.25, 0.3) is 0 Å². The molecule has 6 nitrogen and oxygen atoms in total. The zero-order valence-corrected chi connectivity index (χ0v) is 11.2. The summed E-state index contributed by atoms with van der Waals surface area (Å²) >= 11 is 1.85. The van der Waals surface area contributed by atoms with Crippen LogP contribution in [0.15, 0.2) is 18.2 Å². The second-order valence-electron chi connectivity index (χ2n) is 3.63. The Kier molecular flexibility index (Phi) is 3.50. The van der Waals surface area contributed by atoms with Gasteiger partial charge >= 0.3 is 5.97 Å². The number of nitrogens with zero attached hydrogens (tertiary/aromatic N) is 1. The zero-order valence-electron chi connectivity index (χ0n) is 9.05. The van der Waals surface area contributed by atoms with Crippen LogP contribution in [0.3, 0.4) is 0 Å². The second kappa shape index (κ2) is 4.92. The van der Waals surface area contributed by atoms with E-state index in [4.69, 9.17) is 4.84 Å². The molecule has 94 valence electrons. The first-order chi connectivity index (χ1) is 8.49. The maximum Gasteiger partial charge on any atom is 0.363 e. The summed E-state index contributed by atoms with van der Waals surface area (Å²) in [6, 6.07) is 4.10. The van der Waals surface area contributed by atoms with Crippen LogP contribution in [-0.4, -0.2) is 28.0 Å². The van der Waals surface area contributed by atoms with E-state index in [0.29, 0.717) is 8.63 Å². The van der Waals surface area contributed by atoms with Gasteiger partial charge in [0, 0.05) is 12.8 Å². The molecule has 2 amide bonds. The number of aromatic hydroxyl groups is 1. The molecule has 1 aliphatic rings. The number of carbonyl (C=O) groups is 3. The molecule has 0 bridgehead atoms. The summed E-state index contributed by atoms with van der Waals surface area (Å²) in [5, 5.41) is 9.80. The number of amides is 2. The highest BCUT2D eigenvalue weighted by Gasteiger charge is 2.33. The molecule has 1 aliphatic heterocycles. The van der Waals surface area contributed by atoms with E-state index in [1.54, 1.807) is 0 Å². The molecule has 1 N–H and O–H groups in total. The summed E-state index contributed by atoms with van der Waals surface area (Å²) in [7, 11) is 0. The van der Waals surface area contributed by atoms with E-state index in [1.165, 1.54) is 18.2 Å². The number of benzene rings is 1. The van der Waals surface area contributed by atoms with Crippen molar-refractivity contribution in [3.05, 3.63) is 27.3 Å². The molecule has 1 fully saturated rings. The molecule has 1 aromatic rings. The van der Waals surface area contributed by atoms with Crippen LogP contribution in [0.4, 0.5) is 0 Å². The highest BCUT2D eigenvalue weighted by molar-refractivity contribution is 14.1. The van der Waals surface area contributed by atoms with Crippen molar-refractivity contribution in [2.45, 2.75) is 12.8 Å². The first-order valence-electron chi connectivity index (χ1n) is 5.05. The molecule has 18 heavy (non-hydrogen) atoms. The number of hydrogen-bond donors (Lipinski definition) is 1. The average Bonchev–Trinajstić information content (AvgIpc) is 2.64. The van der Waals surface area contributed by atoms with Gasteiger partial charge in [-0.25, -0.2) is 4.79 Å². The van der Waals surface area contributed by atoms with Gasteiger partial charge in [0.15, 0.2) is 0 Å². The fraction of sp³-hybridized carbons (Fsp3) is 0.182. The van der Waals surface area contributed by atoms with Crippen molar-refractivity contribution < 1.29 is 24.3 Å². The molecule has 7 heteroatoms. The van der Waals surface area contributed by atoms with Crippen LogP contribution >= 0.6 is 22.6 Å². The van der Waals surface area contributed by atoms with Gasteiger partial charge in [0.25, 0.3) is 11.8 Å². The van der Waals surface area contributed by atoms with Gasteiger partial charge in [-0.2, -0.15) is 0 Å². The number of hydrogen-bond acceptors (Lipinski definition) is 5. The highest BCUT2D eigenvalue weighted by Crippen LogP contribution is 2.21. The van der Waals surface area contributed by atoms with E-state index < -0.39 is 17.8 Å². The van der Waals surface area contributed by atoms with Gasteiger partial charge in [-0.3, -0.25) is 9.59 Å². The number of imide groups is 1. The van der Waals surface area contributed by atoms with Crippen molar-refractivity contribution in [2.24, 2.45) is 0 Å². The third-order valence-corrected chi connectivity index (χ3v) is 3.23. The number of rotatable bonds is 2. The third kappa shape index (κ3) is 2.45. The van der Waals surface area contributed by atoms with Gasteiger partial charge in [0.2, 0.25) is 0 Å². The Morgan fingerprint density at radius 3 is 2.44 bits per heavy atom. The Bertz CT molecular complexity index is 526. The standard InChI is InChI=1S/C11H8INO5/c12-7-5-6(1-2-8(7)14)11(17)18-13-9(15)3-4-10(13)16/h1-2,5,14H,3-4H2. The van der Waals surface area contributed by atoms with E-state index in [-0.39, 0.29) is 24.2 Å². The fourth-order valence-corrected chi connectivity index (χ4v) is 1.94. The lowest BCUT2D eigenvalue weighted by molar-refractivity contribution is -0.172. The molecule has 0 radical (unpaired) electrons. The maximum atomic E-state index is 11.7. The summed E-state index contributed by atoms with van der Waals surface area (Å²) in [5.41, 5.74) is 0.157. The van der Waals surface area contributed by atoms with Crippen molar-refractivity contribution in [1.82, 2.24) is 5.06 Å². The lowest BCUT2D eigenvalue weighted by Gasteiger charge is -2.12. The highest BCUT2D eigenvalue weighted by atomic mass is 127. The monoisotopic (exact) mass is 361 g/mol. The largest absolute Gasteiger partial charge is 0.507 e. The third-order valence-electron chi connectivity index (χ3n) is 2.36. The van der Waals surface area contributed by atoms with Crippen molar-refractivity contribution in [1.29, 1.82) is 0 Å². The van der Waals surface area contributed by atoms with E-state index in [2.05, 4.69) is 0 Å². The molecule has 0 atom stereocenters. The van der Waals surface area contributed by atoms with E-state index in [9.17, 15) is 19.5 Å². The lowest BCUT2D eigenvalue weighted by atomic mass is 10.2. The summed E-state index contributed by atoms with van der Waals surface area (Å²) in [6.07, 6.45) is 0.110. The number of halogens is 1. The van der Waals surface area contributed by atoms with Gasteiger partial charge in [-0.1, -0.05) is 0 Å². The van der Waals surface area contributed by atoms with Crippen LogP contribution in [0.2, 0.25) is 0 Å². The number of hydroxylamine groups is 2. The number of phenolic OH excluding ortho intramolecular Hbond substituents is 1. The number of carbonyl (C=O) groups excluding carboxylic acids is 3. The average molecular weight is 361 g/mol. The predicted molar refractivity (Wildman–Crippen MR) is 67.3 cm³/mol. The Labute approximate surface area is 116 Å². The van der Waals surface area contributed by atoms with E-state index in [0.717, 1.165) is 0 Å². The van der Waals surface area contributed by atoms with Crippen LogP contribution in [0.5, 0.6) is 5.75 Å². The fourth-order valence-electron chi connectivity index (χ4n) is 1.43. The van der Waals surface area contributed by atoms with Crippen LogP contribution in [-0.2, 0) is 14.4 Å². The Morgan fingerprint density at radius 1 is 1.28 bits per heavy atom. The van der Waals surface area contributed by atoms with Crippen molar-refractivity contribution >= 4 is 40.4 Å². The minimum Gasteiger partial charge on any atom is -0.507 e. The molecule has 1 heterocycles. The van der Waals surface area contributed by atoms with Crippen LogP contribution < -0.4 is 0 Å². The van der Waals surface area contributed by atoms with E-state index in [1.807, 2.05) is 22.6 Å². The normalized spacial score (nSPS) is 15.1. The van der Waals surface area contributed by atoms with Crippen molar-refractivity contribution in [3.63, 3.8) is 0 Å².